The van der Waals surface area contributed by atoms with E-state index in [4.69, 9.17) is 9.47 Å². The summed E-state index contributed by atoms with van der Waals surface area (Å²) in [6.45, 7) is 7.98. The molecule has 0 aromatic heterocycles. The SMILES string of the molecule is CC1(C)OC(c2ccc(NS(=O)(=O)c3ccccc3)cc2)OC1(C)C. The summed E-state index contributed by atoms with van der Waals surface area (Å²) < 4.78 is 39.3. The van der Waals surface area contributed by atoms with E-state index in [0.717, 1.165) is 5.56 Å². The van der Waals surface area contributed by atoms with Crippen molar-refractivity contribution >= 4 is 15.7 Å². The molecule has 0 saturated carbocycles. The highest BCUT2D eigenvalue weighted by Gasteiger charge is 2.49. The van der Waals surface area contributed by atoms with Crippen molar-refractivity contribution in [1.29, 1.82) is 0 Å². The van der Waals surface area contributed by atoms with Crippen molar-refractivity contribution in [2.45, 2.75) is 50.1 Å². The van der Waals surface area contributed by atoms with Crippen LogP contribution >= 0.6 is 0 Å². The van der Waals surface area contributed by atoms with Gasteiger partial charge in [-0.1, -0.05) is 30.3 Å². The van der Waals surface area contributed by atoms with Crippen molar-refractivity contribution in [3.8, 4) is 0 Å². The predicted octanol–water partition coefficient (Wildman–Crippen LogP) is 4.09. The highest BCUT2D eigenvalue weighted by atomic mass is 32.2. The molecule has 6 heteroatoms. The van der Waals surface area contributed by atoms with Gasteiger partial charge in [-0.2, -0.15) is 0 Å². The predicted molar refractivity (Wildman–Crippen MR) is 96.8 cm³/mol. The summed E-state index contributed by atoms with van der Waals surface area (Å²) in [5.74, 6) is 0. The fraction of sp³-hybridized carbons (Fsp3) is 0.368. The minimum atomic E-state index is -3.59. The van der Waals surface area contributed by atoms with Gasteiger partial charge in [0.25, 0.3) is 10.0 Å². The van der Waals surface area contributed by atoms with Gasteiger partial charge in [-0.15, -0.1) is 0 Å². The van der Waals surface area contributed by atoms with Crippen LogP contribution in [-0.4, -0.2) is 19.6 Å². The first-order chi connectivity index (χ1) is 11.6. The van der Waals surface area contributed by atoms with Crippen LogP contribution < -0.4 is 4.72 Å². The number of benzene rings is 2. The molecule has 1 fully saturated rings. The van der Waals surface area contributed by atoms with Crippen molar-refractivity contribution in [3.05, 3.63) is 60.2 Å². The quantitative estimate of drug-likeness (QED) is 0.891. The zero-order valence-corrected chi connectivity index (χ0v) is 15.6. The molecule has 0 radical (unpaired) electrons. The number of hydrogen-bond acceptors (Lipinski definition) is 4. The van der Waals surface area contributed by atoms with Gasteiger partial charge in [-0.3, -0.25) is 4.72 Å². The minimum Gasteiger partial charge on any atom is -0.339 e. The lowest BCUT2D eigenvalue weighted by molar-refractivity contribution is -0.0895. The monoisotopic (exact) mass is 361 g/mol. The van der Waals surface area contributed by atoms with E-state index in [2.05, 4.69) is 4.72 Å². The van der Waals surface area contributed by atoms with Gasteiger partial charge in [0.05, 0.1) is 16.1 Å². The zero-order valence-electron chi connectivity index (χ0n) is 14.8. The number of anilines is 1. The number of rotatable bonds is 4. The third-order valence-electron chi connectivity index (χ3n) is 4.74. The van der Waals surface area contributed by atoms with E-state index >= 15 is 0 Å². The van der Waals surface area contributed by atoms with Crippen LogP contribution in [0, 0.1) is 0 Å². The van der Waals surface area contributed by atoms with Gasteiger partial charge in [-0.25, -0.2) is 8.42 Å². The lowest BCUT2D eigenvalue weighted by Gasteiger charge is -2.30. The molecular weight excluding hydrogens is 338 g/mol. The van der Waals surface area contributed by atoms with Crippen molar-refractivity contribution in [1.82, 2.24) is 0 Å². The Morgan fingerprint density at radius 3 is 1.88 bits per heavy atom. The first-order valence-corrected chi connectivity index (χ1v) is 9.63. The van der Waals surface area contributed by atoms with Gasteiger partial charge in [0.1, 0.15) is 0 Å². The molecule has 0 spiro atoms. The Morgan fingerprint density at radius 2 is 1.36 bits per heavy atom. The highest BCUT2D eigenvalue weighted by Crippen LogP contribution is 2.44. The molecule has 5 nitrogen and oxygen atoms in total. The molecule has 2 aromatic rings. The Kier molecular flexibility index (Phi) is 4.39. The molecule has 2 aromatic carbocycles. The summed E-state index contributed by atoms with van der Waals surface area (Å²) in [6, 6.07) is 15.3. The maximum absolute atomic E-state index is 12.4. The van der Waals surface area contributed by atoms with E-state index in [0.29, 0.717) is 5.69 Å². The molecule has 0 bridgehead atoms. The van der Waals surface area contributed by atoms with E-state index in [1.165, 1.54) is 0 Å². The Hall–Kier alpha value is -1.89. The topological polar surface area (TPSA) is 64.6 Å². The summed E-state index contributed by atoms with van der Waals surface area (Å²) in [6.07, 6.45) is -0.468. The summed E-state index contributed by atoms with van der Waals surface area (Å²) in [7, 11) is -3.59. The fourth-order valence-electron chi connectivity index (χ4n) is 2.50. The molecule has 0 amide bonds. The first kappa shape index (κ1) is 17.9. The maximum atomic E-state index is 12.4. The number of nitrogens with one attached hydrogen (secondary N) is 1. The Labute approximate surface area is 149 Å². The van der Waals surface area contributed by atoms with Crippen molar-refractivity contribution in [2.75, 3.05) is 4.72 Å². The second-order valence-electron chi connectivity index (χ2n) is 7.13. The largest absolute Gasteiger partial charge is 0.339 e. The average Bonchev–Trinajstić information content (AvgIpc) is 2.77. The van der Waals surface area contributed by atoms with E-state index in [-0.39, 0.29) is 4.90 Å². The molecule has 25 heavy (non-hydrogen) atoms. The van der Waals surface area contributed by atoms with Crippen LogP contribution in [-0.2, 0) is 19.5 Å². The van der Waals surface area contributed by atoms with Crippen molar-refractivity contribution < 1.29 is 17.9 Å². The number of hydrogen-bond donors (Lipinski definition) is 1. The number of ether oxygens (including phenoxy) is 2. The molecule has 0 aliphatic carbocycles. The van der Waals surface area contributed by atoms with Gasteiger partial charge in [0.2, 0.25) is 0 Å². The first-order valence-electron chi connectivity index (χ1n) is 8.14. The summed E-state index contributed by atoms with van der Waals surface area (Å²) in [5.41, 5.74) is 0.515. The van der Waals surface area contributed by atoms with Crippen molar-refractivity contribution in [3.63, 3.8) is 0 Å². The van der Waals surface area contributed by atoms with Gasteiger partial charge in [-0.05, 0) is 52.0 Å². The van der Waals surface area contributed by atoms with Crippen LogP contribution in [0.25, 0.3) is 0 Å². The smallest absolute Gasteiger partial charge is 0.261 e. The molecule has 0 unspecified atom stereocenters. The van der Waals surface area contributed by atoms with Gasteiger partial charge in [0.15, 0.2) is 6.29 Å². The molecule has 0 atom stereocenters. The Bertz CT molecular complexity index is 827. The van der Waals surface area contributed by atoms with E-state index in [9.17, 15) is 8.42 Å². The van der Waals surface area contributed by atoms with Crippen LogP contribution in [0.5, 0.6) is 0 Å². The third kappa shape index (κ3) is 3.56. The molecular formula is C19H23NO4S. The van der Waals surface area contributed by atoms with Crippen LogP contribution in [0.3, 0.4) is 0 Å². The lowest BCUT2D eigenvalue weighted by atomic mass is 9.90. The second kappa shape index (κ2) is 6.12. The molecule has 1 N–H and O–H groups in total. The summed E-state index contributed by atoms with van der Waals surface area (Å²) in [5, 5.41) is 0. The normalized spacial score (nSPS) is 19.7. The maximum Gasteiger partial charge on any atom is 0.261 e. The second-order valence-corrected chi connectivity index (χ2v) is 8.81. The lowest BCUT2D eigenvalue weighted by Crippen LogP contribution is -2.41. The minimum absolute atomic E-state index is 0.227. The molecule has 1 saturated heterocycles. The van der Waals surface area contributed by atoms with Gasteiger partial charge >= 0.3 is 0 Å². The fourth-order valence-corrected chi connectivity index (χ4v) is 3.58. The van der Waals surface area contributed by atoms with Crippen LogP contribution in [0.15, 0.2) is 59.5 Å². The highest BCUT2D eigenvalue weighted by molar-refractivity contribution is 7.92. The van der Waals surface area contributed by atoms with Crippen LogP contribution in [0.1, 0.15) is 39.5 Å². The zero-order chi connectivity index (χ0) is 18.3. The van der Waals surface area contributed by atoms with E-state index in [1.807, 2.05) is 39.8 Å². The molecule has 1 aliphatic rings. The molecule has 3 rings (SSSR count). The van der Waals surface area contributed by atoms with Crippen molar-refractivity contribution in [2.24, 2.45) is 0 Å². The summed E-state index contributed by atoms with van der Waals surface area (Å²) >= 11 is 0. The molecule has 1 aliphatic heterocycles. The van der Waals surface area contributed by atoms with Gasteiger partial charge in [0, 0.05) is 11.3 Å². The Balaban J connectivity index is 1.76. The third-order valence-corrected chi connectivity index (χ3v) is 6.14. The Morgan fingerprint density at radius 1 is 0.840 bits per heavy atom. The number of sulfonamides is 1. The van der Waals surface area contributed by atoms with E-state index in [1.54, 1.807) is 42.5 Å². The van der Waals surface area contributed by atoms with Crippen LogP contribution in [0.4, 0.5) is 5.69 Å². The average molecular weight is 361 g/mol. The van der Waals surface area contributed by atoms with Crippen LogP contribution in [0.2, 0.25) is 0 Å². The molecule has 1 heterocycles. The van der Waals surface area contributed by atoms with Gasteiger partial charge < -0.3 is 9.47 Å². The molecule has 134 valence electrons. The summed E-state index contributed by atoms with van der Waals surface area (Å²) in [4.78, 5) is 0.227. The van der Waals surface area contributed by atoms with E-state index < -0.39 is 27.5 Å². The standard InChI is InChI=1S/C19H23NO4S/c1-18(2)19(3,4)24-17(23-18)14-10-12-15(13-11-14)20-25(21,22)16-8-6-5-7-9-16/h5-13,17,20H,1-4H3.